The lowest BCUT2D eigenvalue weighted by Gasteiger charge is -2.21. The first-order valence-electron chi connectivity index (χ1n) is 4.57. The molecule has 80 valence electrons. The summed E-state index contributed by atoms with van der Waals surface area (Å²) in [6, 6.07) is 5.29. The lowest BCUT2D eigenvalue weighted by molar-refractivity contribution is 0.0797. The second-order valence-corrected chi connectivity index (χ2v) is 4.34. The molecule has 0 saturated heterocycles. The number of halogens is 1. The molecule has 5 heteroatoms. The van der Waals surface area contributed by atoms with Crippen LogP contribution in [0.5, 0.6) is 0 Å². The average molecular weight is 225 g/mol. The van der Waals surface area contributed by atoms with Gasteiger partial charge < -0.3 is 10.3 Å². The maximum atomic E-state index is 9.90. The van der Waals surface area contributed by atoms with Crippen molar-refractivity contribution in [2.75, 3.05) is 0 Å². The van der Waals surface area contributed by atoms with Crippen molar-refractivity contribution in [1.82, 2.24) is 0 Å². The van der Waals surface area contributed by atoms with Gasteiger partial charge in [-0.15, -0.1) is 0 Å². The topological polar surface area (TPSA) is 52.8 Å². The SMILES string of the molecule is Bc1ccc(C(Cl)=NO)cc1C(C)(C)O. The first-order chi connectivity index (χ1) is 6.86. The highest BCUT2D eigenvalue weighted by Gasteiger charge is 2.19. The van der Waals surface area contributed by atoms with Crippen molar-refractivity contribution in [3.05, 3.63) is 29.3 Å². The summed E-state index contributed by atoms with van der Waals surface area (Å²) in [4.78, 5) is 0. The Labute approximate surface area is 94.8 Å². The molecule has 3 nitrogen and oxygen atoms in total. The number of rotatable bonds is 2. The van der Waals surface area contributed by atoms with E-state index in [4.69, 9.17) is 16.8 Å². The van der Waals surface area contributed by atoms with Gasteiger partial charge in [-0.25, -0.2) is 0 Å². The van der Waals surface area contributed by atoms with Gasteiger partial charge in [-0.05, 0) is 25.5 Å². The van der Waals surface area contributed by atoms with E-state index in [9.17, 15) is 5.11 Å². The molecular formula is C10H13BClNO2. The van der Waals surface area contributed by atoms with Gasteiger partial charge >= 0.3 is 0 Å². The van der Waals surface area contributed by atoms with Crippen molar-refractivity contribution in [2.24, 2.45) is 5.16 Å². The maximum Gasteiger partial charge on any atom is 0.175 e. The molecule has 0 aliphatic rings. The summed E-state index contributed by atoms with van der Waals surface area (Å²) in [5, 5.41) is 21.4. The molecule has 0 saturated carbocycles. The average Bonchev–Trinajstić information content (AvgIpc) is 2.15. The molecule has 15 heavy (non-hydrogen) atoms. The van der Waals surface area contributed by atoms with Gasteiger partial charge in [0.2, 0.25) is 0 Å². The van der Waals surface area contributed by atoms with Crippen LogP contribution in [-0.4, -0.2) is 23.3 Å². The van der Waals surface area contributed by atoms with Gasteiger partial charge in [-0.1, -0.05) is 34.4 Å². The van der Waals surface area contributed by atoms with E-state index < -0.39 is 5.60 Å². The van der Waals surface area contributed by atoms with Crippen molar-refractivity contribution < 1.29 is 10.3 Å². The molecule has 0 radical (unpaired) electrons. The Morgan fingerprint density at radius 2 is 2.07 bits per heavy atom. The number of aliphatic hydroxyl groups is 1. The van der Waals surface area contributed by atoms with Crippen LogP contribution in [0.1, 0.15) is 25.0 Å². The Bertz CT molecular complexity index is 399. The lowest BCUT2D eigenvalue weighted by Crippen LogP contribution is -2.26. The molecule has 0 heterocycles. The van der Waals surface area contributed by atoms with Crippen LogP contribution in [0.25, 0.3) is 0 Å². The van der Waals surface area contributed by atoms with E-state index in [0.29, 0.717) is 5.56 Å². The van der Waals surface area contributed by atoms with Crippen LogP contribution in [0, 0.1) is 0 Å². The van der Waals surface area contributed by atoms with E-state index in [-0.39, 0.29) is 5.17 Å². The number of hydrogen-bond acceptors (Lipinski definition) is 3. The van der Waals surface area contributed by atoms with E-state index in [1.807, 2.05) is 13.9 Å². The van der Waals surface area contributed by atoms with Gasteiger partial charge in [0, 0.05) is 5.56 Å². The fourth-order valence-electron chi connectivity index (χ4n) is 1.47. The zero-order valence-electron chi connectivity index (χ0n) is 8.95. The molecule has 0 fully saturated rings. The summed E-state index contributed by atoms with van der Waals surface area (Å²) >= 11 is 5.68. The van der Waals surface area contributed by atoms with Crippen LogP contribution in [0.3, 0.4) is 0 Å². The monoisotopic (exact) mass is 225 g/mol. The van der Waals surface area contributed by atoms with Crippen molar-refractivity contribution >= 4 is 30.1 Å². The lowest BCUT2D eigenvalue weighted by atomic mass is 9.82. The van der Waals surface area contributed by atoms with Gasteiger partial charge in [0.15, 0.2) is 5.17 Å². The summed E-state index contributed by atoms with van der Waals surface area (Å²) in [5.41, 5.74) is 1.38. The molecule has 0 aromatic heterocycles. The van der Waals surface area contributed by atoms with Crippen LogP contribution in [0.15, 0.2) is 23.4 Å². The van der Waals surface area contributed by atoms with Crippen molar-refractivity contribution in [2.45, 2.75) is 19.4 Å². The Morgan fingerprint density at radius 1 is 1.47 bits per heavy atom. The van der Waals surface area contributed by atoms with E-state index in [2.05, 4.69) is 5.16 Å². The largest absolute Gasteiger partial charge is 0.410 e. The standard InChI is InChI=1S/C10H13BClNO2/c1-10(2,14)7-5-6(9(12)13-15)3-4-8(7)11/h3-5,14-15H,11H2,1-2H3. The molecule has 0 atom stereocenters. The normalized spacial score (nSPS) is 12.9. The van der Waals surface area contributed by atoms with E-state index in [1.165, 1.54) is 0 Å². The molecular weight excluding hydrogens is 212 g/mol. The molecule has 1 aromatic carbocycles. The Morgan fingerprint density at radius 3 is 2.53 bits per heavy atom. The second kappa shape index (κ2) is 4.25. The van der Waals surface area contributed by atoms with Crippen molar-refractivity contribution in [1.29, 1.82) is 0 Å². The molecule has 0 unspecified atom stereocenters. The number of oxime groups is 1. The first kappa shape index (κ1) is 12.1. The summed E-state index contributed by atoms with van der Waals surface area (Å²) in [5.74, 6) is 0. The predicted molar refractivity (Wildman–Crippen MR) is 64.0 cm³/mol. The minimum absolute atomic E-state index is 0.0144. The van der Waals surface area contributed by atoms with Crippen LogP contribution in [0.2, 0.25) is 0 Å². The third-order valence-corrected chi connectivity index (χ3v) is 2.52. The van der Waals surface area contributed by atoms with Crippen LogP contribution >= 0.6 is 11.6 Å². The highest BCUT2D eigenvalue weighted by molar-refractivity contribution is 6.69. The first-order valence-corrected chi connectivity index (χ1v) is 4.95. The quantitative estimate of drug-likeness (QED) is 0.334. The maximum absolute atomic E-state index is 9.90. The minimum Gasteiger partial charge on any atom is -0.410 e. The van der Waals surface area contributed by atoms with Gasteiger partial charge in [0.25, 0.3) is 0 Å². The van der Waals surface area contributed by atoms with Crippen LogP contribution < -0.4 is 5.46 Å². The molecule has 0 bridgehead atoms. The number of nitrogens with zero attached hydrogens (tertiary/aromatic N) is 1. The molecule has 0 spiro atoms. The Kier molecular flexibility index (Phi) is 3.42. The van der Waals surface area contributed by atoms with Gasteiger partial charge in [0.05, 0.1) is 5.60 Å². The van der Waals surface area contributed by atoms with Gasteiger partial charge in [0.1, 0.15) is 7.85 Å². The number of hydrogen-bond donors (Lipinski definition) is 2. The molecule has 0 amide bonds. The predicted octanol–water partition coefficient (Wildman–Crippen LogP) is 0.547. The van der Waals surface area contributed by atoms with Gasteiger partial charge in [-0.3, -0.25) is 0 Å². The number of benzene rings is 1. The van der Waals surface area contributed by atoms with E-state index >= 15 is 0 Å². The molecule has 1 rings (SSSR count). The van der Waals surface area contributed by atoms with Crippen molar-refractivity contribution in [3.8, 4) is 0 Å². The zero-order valence-corrected chi connectivity index (χ0v) is 9.71. The Hall–Kier alpha value is -0.995. The van der Waals surface area contributed by atoms with Crippen LogP contribution in [-0.2, 0) is 5.60 Å². The second-order valence-electron chi connectivity index (χ2n) is 3.98. The highest BCUT2D eigenvalue weighted by atomic mass is 35.5. The summed E-state index contributed by atoms with van der Waals surface area (Å²) < 4.78 is 0. The molecule has 1 aromatic rings. The van der Waals surface area contributed by atoms with E-state index in [0.717, 1.165) is 11.0 Å². The summed E-state index contributed by atoms with van der Waals surface area (Å²) in [6.45, 7) is 3.40. The Balaban J connectivity index is 3.29. The summed E-state index contributed by atoms with van der Waals surface area (Å²) in [7, 11) is 1.90. The fourth-order valence-corrected chi connectivity index (χ4v) is 1.58. The third-order valence-electron chi connectivity index (χ3n) is 2.22. The smallest absolute Gasteiger partial charge is 0.175 e. The van der Waals surface area contributed by atoms with Gasteiger partial charge in [-0.2, -0.15) is 0 Å². The molecule has 0 aliphatic heterocycles. The summed E-state index contributed by atoms with van der Waals surface area (Å²) in [6.07, 6.45) is 0. The third kappa shape index (κ3) is 2.73. The fraction of sp³-hybridized carbons (Fsp3) is 0.300. The van der Waals surface area contributed by atoms with E-state index in [1.54, 1.807) is 26.0 Å². The zero-order chi connectivity index (χ0) is 11.6. The highest BCUT2D eigenvalue weighted by Crippen LogP contribution is 2.19. The van der Waals surface area contributed by atoms with Crippen molar-refractivity contribution in [3.63, 3.8) is 0 Å². The molecule has 0 aliphatic carbocycles. The molecule has 2 N–H and O–H groups in total. The minimum atomic E-state index is -0.938. The van der Waals surface area contributed by atoms with Crippen LogP contribution in [0.4, 0.5) is 0 Å².